The van der Waals surface area contributed by atoms with Gasteiger partial charge in [-0.2, -0.15) is 0 Å². The highest BCUT2D eigenvalue weighted by molar-refractivity contribution is 6.30. The summed E-state index contributed by atoms with van der Waals surface area (Å²) in [5.74, 6) is 0.678. The molecule has 0 heterocycles. The normalized spacial score (nSPS) is 9.42. The van der Waals surface area contributed by atoms with Crippen LogP contribution in [-0.4, -0.2) is 12.9 Å². The van der Waals surface area contributed by atoms with E-state index in [9.17, 15) is 4.79 Å². The lowest BCUT2D eigenvalue weighted by molar-refractivity contribution is 0.326. The van der Waals surface area contributed by atoms with Crippen LogP contribution in [0.5, 0.6) is 5.75 Å². The van der Waals surface area contributed by atoms with Crippen LogP contribution in [0.4, 0.5) is 0 Å². The van der Waals surface area contributed by atoms with Crippen LogP contribution < -0.4 is 4.74 Å². The van der Waals surface area contributed by atoms with E-state index in [4.69, 9.17) is 16.3 Å². The molecule has 63 valence electrons. The third-order valence-corrected chi connectivity index (χ3v) is 1.50. The van der Waals surface area contributed by atoms with E-state index in [1.165, 1.54) is 0 Å². The molecule has 1 radical (unpaired) electrons. The first-order chi connectivity index (χ1) is 5.83. The molecule has 0 saturated carbocycles. The Kier molecular flexibility index (Phi) is 3.61. The standard InChI is InChI=1S/C9H8ClO2/c10-8-3-1-4-9(7-8)12-6-2-5-11/h1,3-4,7H,2,6H2. The maximum absolute atomic E-state index is 9.83. The molecule has 0 N–H and O–H groups in total. The highest BCUT2D eigenvalue weighted by Crippen LogP contribution is 2.16. The number of halogens is 1. The Morgan fingerprint density at radius 1 is 1.50 bits per heavy atom. The maximum Gasteiger partial charge on any atom is 0.201 e. The predicted molar refractivity (Wildman–Crippen MR) is 47.3 cm³/mol. The Hall–Kier alpha value is -1.02. The molecule has 0 fully saturated rings. The fourth-order valence-corrected chi connectivity index (χ4v) is 0.948. The monoisotopic (exact) mass is 183 g/mol. The van der Waals surface area contributed by atoms with E-state index in [1.807, 2.05) is 0 Å². The summed E-state index contributed by atoms with van der Waals surface area (Å²) < 4.78 is 5.18. The van der Waals surface area contributed by atoms with Crippen molar-refractivity contribution < 1.29 is 9.53 Å². The molecule has 0 saturated heterocycles. The topological polar surface area (TPSA) is 26.3 Å². The molecule has 0 amide bonds. The van der Waals surface area contributed by atoms with Gasteiger partial charge in [0.25, 0.3) is 0 Å². The number of rotatable bonds is 4. The second kappa shape index (κ2) is 4.78. The van der Waals surface area contributed by atoms with Gasteiger partial charge in [-0.1, -0.05) is 17.7 Å². The Balaban J connectivity index is 2.46. The largest absolute Gasteiger partial charge is 0.493 e. The number of ether oxygens (including phenoxy) is 1. The van der Waals surface area contributed by atoms with Crippen molar-refractivity contribution in [1.29, 1.82) is 0 Å². The van der Waals surface area contributed by atoms with Gasteiger partial charge in [-0.15, -0.1) is 0 Å². The van der Waals surface area contributed by atoms with Crippen molar-refractivity contribution in [2.24, 2.45) is 0 Å². The van der Waals surface area contributed by atoms with Gasteiger partial charge >= 0.3 is 0 Å². The lowest BCUT2D eigenvalue weighted by Gasteiger charge is -2.02. The minimum Gasteiger partial charge on any atom is -0.493 e. The number of hydrogen-bond acceptors (Lipinski definition) is 2. The fourth-order valence-electron chi connectivity index (χ4n) is 0.767. The summed E-state index contributed by atoms with van der Waals surface area (Å²) >= 11 is 5.70. The fraction of sp³-hybridized carbons (Fsp3) is 0.222. The second-order valence-corrected chi connectivity index (χ2v) is 2.64. The van der Waals surface area contributed by atoms with E-state index in [1.54, 1.807) is 30.6 Å². The molecular formula is C9H8ClO2. The number of benzene rings is 1. The zero-order valence-electron chi connectivity index (χ0n) is 6.42. The van der Waals surface area contributed by atoms with Crippen molar-refractivity contribution in [2.45, 2.75) is 6.42 Å². The summed E-state index contributed by atoms with van der Waals surface area (Å²) in [6.07, 6.45) is 2.03. The van der Waals surface area contributed by atoms with Gasteiger partial charge in [-0.05, 0) is 18.2 Å². The molecule has 0 aliphatic carbocycles. The van der Waals surface area contributed by atoms with Crippen LogP contribution in [-0.2, 0) is 4.79 Å². The molecule has 12 heavy (non-hydrogen) atoms. The van der Waals surface area contributed by atoms with Gasteiger partial charge in [-0.3, -0.25) is 4.79 Å². The minimum absolute atomic E-state index is 0.284. The van der Waals surface area contributed by atoms with Crippen LogP contribution in [0, 0.1) is 0 Å². The molecule has 1 aromatic rings. The predicted octanol–water partition coefficient (Wildman–Crippen LogP) is 2.22. The van der Waals surface area contributed by atoms with Crippen LogP contribution in [0.3, 0.4) is 0 Å². The molecule has 3 heteroatoms. The van der Waals surface area contributed by atoms with E-state index >= 15 is 0 Å². The highest BCUT2D eigenvalue weighted by Gasteiger charge is 1.93. The quantitative estimate of drug-likeness (QED) is 0.670. The van der Waals surface area contributed by atoms with Gasteiger partial charge in [0.15, 0.2) is 0 Å². The summed E-state index contributed by atoms with van der Waals surface area (Å²) in [4.78, 5) is 9.83. The van der Waals surface area contributed by atoms with Gasteiger partial charge in [0.05, 0.1) is 6.61 Å². The zero-order chi connectivity index (χ0) is 8.81. The Morgan fingerprint density at radius 2 is 2.33 bits per heavy atom. The molecule has 0 spiro atoms. The molecule has 0 aliphatic heterocycles. The lowest BCUT2D eigenvalue weighted by Crippen LogP contribution is -1.96. The van der Waals surface area contributed by atoms with Gasteiger partial charge in [0, 0.05) is 11.4 Å². The number of carbonyl (C=O) groups excluding carboxylic acids is 1. The van der Waals surface area contributed by atoms with Crippen molar-refractivity contribution in [3.8, 4) is 5.75 Å². The first-order valence-electron chi connectivity index (χ1n) is 3.56. The SMILES string of the molecule is O=[C]CCOc1cccc(Cl)c1. The molecule has 0 aliphatic rings. The maximum atomic E-state index is 9.83. The Labute approximate surface area is 76.1 Å². The Morgan fingerprint density at radius 3 is 3.00 bits per heavy atom. The van der Waals surface area contributed by atoms with Crippen molar-refractivity contribution in [2.75, 3.05) is 6.61 Å². The smallest absolute Gasteiger partial charge is 0.201 e. The van der Waals surface area contributed by atoms with Gasteiger partial charge in [0.1, 0.15) is 5.75 Å². The van der Waals surface area contributed by atoms with E-state index in [0.717, 1.165) is 0 Å². The molecular weight excluding hydrogens is 176 g/mol. The third kappa shape index (κ3) is 2.93. The van der Waals surface area contributed by atoms with E-state index in [-0.39, 0.29) is 6.42 Å². The molecule has 1 aromatic carbocycles. The summed E-state index contributed by atoms with van der Waals surface area (Å²) in [6.45, 7) is 0.351. The van der Waals surface area contributed by atoms with Gasteiger partial charge in [-0.25, -0.2) is 0 Å². The van der Waals surface area contributed by atoms with Gasteiger partial charge < -0.3 is 4.74 Å². The van der Waals surface area contributed by atoms with Crippen molar-refractivity contribution in [3.05, 3.63) is 29.3 Å². The van der Waals surface area contributed by atoms with Crippen LogP contribution in [0.2, 0.25) is 5.02 Å². The highest BCUT2D eigenvalue weighted by atomic mass is 35.5. The molecule has 2 nitrogen and oxygen atoms in total. The molecule has 0 aromatic heterocycles. The van der Waals surface area contributed by atoms with Crippen LogP contribution in [0.15, 0.2) is 24.3 Å². The van der Waals surface area contributed by atoms with E-state index < -0.39 is 0 Å². The van der Waals surface area contributed by atoms with Crippen molar-refractivity contribution in [3.63, 3.8) is 0 Å². The molecule has 0 unspecified atom stereocenters. The summed E-state index contributed by atoms with van der Waals surface area (Å²) in [6, 6.07) is 7.05. The molecule has 1 rings (SSSR count). The van der Waals surface area contributed by atoms with Crippen molar-refractivity contribution >= 4 is 17.9 Å². The van der Waals surface area contributed by atoms with Crippen molar-refractivity contribution in [1.82, 2.24) is 0 Å². The average molecular weight is 184 g/mol. The first kappa shape index (κ1) is 9.07. The second-order valence-electron chi connectivity index (χ2n) is 2.20. The molecule has 0 bridgehead atoms. The van der Waals surface area contributed by atoms with Crippen LogP contribution in [0.1, 0.15) is 6.42 Å². The molecule has 0 atom stereocenters. The number of hydrogen-bond donors (Lipinski definition) is 0. The van der Waals surface area contributed by atoms with Crippen LogP contribution >= 0.6 is 11.6 Å². The lowest BCUT2D eigenvalue weighted by atomic mass is 10.3. The first-order valence-corrected chi connectivity index (χ1v) is 3.94. The van der Waals surface area contributed by atoms with E-state index in [0.29, 0.717) is 17.4 Å². The Bertz CT molecular complexity index is 260. The van der Waals surface area contributed by atoms with E-state index in [2.05, 4.69) is 0 Å². The minimum atomic E-state index is 0.284. The zero-order valence-corrected chi connectivity index (χ0v) is 7.17. The summed E-state index contributed by atoms with van der Waals surface area (Å²) in [7, 11) is 0. The van der Waals surface area contributed by atoms with Crippen LogP contribution in [0.25, 0.3) is 0 Å². The average Bonchev–Trinajstić information content (AvgIpc) is 2.05. The summed E-state index contributed by atoms with van der Waals surface area (Å²) in [5, 5.41) is 0.627. The third-order valence-electron chi connectivity index (χ3n) is 1.27. The van der Waals surface area contributed by atoms with Gasteiger partial charge in [0.2, 0.25) is 6.29 Å². The summed E-state index contributed by atoms with van der Waals surface area (Å²) in [5.41, 5.74) is 0.